The van der Waals surface area contributed by atoms with Crippen LogP contribution in [0.15, 0.2) is 48.5 Å². The van der Waals surface area contributed by atoms with Crippen LogP contribution in [0.2, 0.25) is 0 Å². The first-order valence-electron chi connectivity index (χ1n) is 11.4. The van der Waals surface area contributed by atoms with Crippen LogP contribution < -0.4 is 0 Å². The summed E-state index contributed by atoms with van der Waals surface area (Å²) >= 11 is 0. The van der Waals surface area contributed by atoms with Crippen LogP contribution in [0.3, 0.4) is 0 Å². The SMILES string of the molecule is C.C.C.C.C.C.CCC(CCC(C)(CCC(C)(C)C(=O)O)C(=O)OC)n1c2ccccc2c2ccccc21. The summed E-state index contributed by atoms with van der Waals surface area (Å²) in [5.74, 6) is -1.11. The van der Waals surface area contributed by atoms with Crippen LogP contribution >= 0.6 is 0 Å². The lowest BCUT2D eigenvalue weighted by Crippen LogP contribution is -2.33. The molecule has 2 aromatic carbocycles. The Labute approximate surface area is 234 Å². The highest BCUT2D eigenvalue weighted by atomic mass is 16.5. The molecule has 220 valence electrons. The second-order valence-corrected chi connectivity index (χ2v) is 9.75. The zero-order chi connectivity index (χ0) is 23.5. The van der Waals surface area contributed by atoms with E-state index in [0.29, 0.717) is 19.3 Å². The number of nitrogens with zero attached hydrogens (tertiary/aromatic N) is 1. The number of carboxylic acid groups (broad SMARTS) is 1. The minimum absolute atomic E-state index is 0. The second kappa shape index (κ2) is 16.9. The van der Waals surface area contributed by atoms with Gasteiger partial charge in [0.25, 0.3) is 0 Å². The molecule has 0 saturated heterocycles. The highest BCUT2D eigenvalue weighted by Gasteiger charge is 2.38. The monoisotopic (exact) mass is 533 g/mol. The molecule has 1 N–H and O–H groups in total. The average molecular weight is 534 g/mol. The van der Waals surface area contributed by atoms with Crippen LogP contribution in [0.4, 0.5) is 0 Å². The van der Waals surface area contributed by atoms with Crippen LogP contribution in [-0.2, 0) is 14.3 Å². The van der Waals surface area contributed by atoms with E-state index in [-0.39, 0.29) is 56.6 Å². The lowest BCUT2D eigenvalue weighted by molar-refractivity contribution is -0.155. The Morgan fingerprint density at radius 2 is 1.26 bits per heavy atom. The lowest BCUT2D eigenvalue weighted by Gasteiger charge is -2.32. The van der Waals surface area contributed by atoms with Gasteiger partial charge in [0.1, 0.15) is 0 Å². The zero-order valence-electron chi connectivity index (χ0n) is 19.9. The van der Waals surface area contributed by atoms with Gasteiger partial charge in [0.2, 0.25) is 0 Å². The van der Waals surface area contributed by atoms with Crippen molar-refractivity contribution in [1.29, 1.82) is 0 Å². The number of para-hydroxylation sites is 2. The maximum atomic E-state index is 12.8. The summed E-state index contributed by atoms with van der Waals surface area (Å²) in [6.07, 6.45) is 3.26. The fourth-order valence-corrected chi connectivity index (χ4v) is 4.62. The van der Waals surface area contributed by atoms with E-state index in [2.05, 4.69) is 60.0 Å². The molecule has 1 heterocycles. The fourth-order valence-electron chi connectivity index (χ4n) is 4.62. The molecule has 5 heteroatoms. The van der Waals surface area contributed by atoms with Crippen molar-refractivity contribution in [2.75, 3.05) is 7.11 Å². The number of carbonyl (C=O) groups is 2. The molecule has 5 nitrogen and oxygen atoms in total. The maximum Gasteiger partial charge on any atom is 0.311 e. The van der Waals surface area contributed by atoms with Crippen LogP contribution in [0.1, 0.15) is 110 Å². The van der Waals surface area contributed by atoms with Crippen LogP contribution in [0.25, 0.3) is 21.8 Å². The number of benzene rings is 2. The lowest BCUT2D eigenvalue weighted by atomic mass is 9.74. The number of carbonyl (C=O) groups excluding carboxylic acids is 1. The zero-order valence-corrected chi connectivity index (χ0v) is 19.9. The molecular weight excluding hydrogens is 474 g/mol. The van der Waals surface area contributed by atoms with Gasteiger partial charge in [0, 0.05) is 27.8 Å². The fraction of sp³-hybridized carbons (Fsp3) is 0.576. The Kier molecular flexibility index (Phi) is 18.8. The Morgan fingerprint density at radius 1 is 0.816 bits per heavy atom. The van der Waals surface area contributed by atoms with Crippen molar-refractivity contribution in [1.82, 2.24) is 4.57 Å². The first-order chi connectivity index (χ1) is 15.1. The molecule has 0 aliphatic rings. The molecule has 3 aromatic rings. The summed E-state index contributed by atoms with van der Waals surface area (Å²) in [6, 6.07) is 17.1. The van der Waals surface area contributed by atoms with Crippen molar-refractivity contribution in [2.24, 2.45) is 10.8 Å². The average Bonchev–Trinajstić information content (AvgIpc) is 3.12. The highest BCUT2D eigenvalue weighted by Crippen LogP contribution is 2.40. The molecule has 0 radical (unpaired) electrons. The van der Waals surface area contributed by atoms with Gasteiger partial charge < -0.3 is 14.4 Å². The predicted octanol–water partition coefficient (Wildman–Crippen LogP) is 10.4. The van der Waals surface area contributed by atoms with Crippen molar-refractivity contribution >= 4 is 33.7 Å². The van der Waals surface area contributed by atoms with Crippen molar-refractivity contribution < 1.29 is 19.4 Å². The number of rotatable bonds is 10. The first-order valence-corrected chi connectivity index (χ1v) is 11.4. The quantitative estimate of drug-likeness (QED) is 0.263. The van der Waals surface area contributed by atoms with E-state index in [1.165, 1.54) is 28.9 Å². The number of aromatic nitrogens is 1. The number of aliphatic carboxylic acids is 1. The van der Waals surface area contributed by atoms with E-state index in [1.807, 2.05) is 6.92 Å². The number of ether oxygens (including phenoxy) is 1. The number of hydrogen-bond donors (Lipinski definition) is 1. The molecule has 2 atom stereocenters. The minimum atomic E-state index is -0.883. The number of fused-ring (bicyclic) bond motifs is 3. The summed E-state index contributed by atoms with van der Waals surface area (Å²) in [7, 11) is 1.41. The Bertz CT molecular complexity index is 1060. The third-order valence-corrected chi connectivity index (χ3v) is 7.04. The molecule has 1 aromatic heterocycles. The Morgan fingerprint density at radius 3 is 1.66 bits per heavy atom. The van der Waals surface area contributed by atoms with E-state index in [9.17, 15) is 14.7 Å². The van der Waals surface area contributed by atoms with Gasteiger partial charge in [0.15, 0.2) is 0 Å². The maximum absolute atomic E-state index is 12.8. The van der Waals surface area contributed by atoms with Crippen LogP contribution in [-0.4, -0.2) is 28.7 Å². The summed E-state index contributed by atoms with van der Waals surface area (Å²) in [6.45, 7) is 7.51. The highest BCUT2D eigenvalue weighted by molar-refractivity contribution is 6.08. The van der Waals surface area contributed by atoms with Crippen LogP contribution in [0, 0.1) is 10.8 Å². The molecule has 0 amide bonds. The van der Waals surface area contributed by atoms with Gasteiger partial charge in [-0.15, -0.1) is 0 Å². The van der Waals surface area contributed by atoms with E-state index >= 15 is 0 Å². The number of methoxy groups -OCH3 is 1. The Balaban J connectivity index is -0.000000963. The molecule has 0 fully saturated rings. The van der Waals surface area contributed by atoms with Crippen molar-refractivity contribution in [3.8, 4) is 0 Å². The topological polar surface area (TPSA) is 68.5 Å². The van der Waals surface area contributed by atoms with E-state index in [0.717, 1.165) is 12.8 Å². The third kappa shape index (κ3) is 8.34. The molecule has 0 aliphatic carbocycles. The summed E-state index contributed by atoms with van der Waals surface area (Å²) < 4.78 is 7.55. The molecule has 2 unspecified atom stereocenters. The molecule has 3 rings (SSSR count). The molecule has 38 heavy (non-hydrogen) atoms. The number of hydrogen-bond acceptors (Lipinski definition) is 3. The van der Waals surface area contributed by atoms with Crippen molar-refractivity contribution in [2.45, 2.75) is 110 Å². The number of carboxylic acids is 1. The molecule has 0 bridgehead atoms. The second-order valence-electron chi connectivity index (χ2n) is 9.75. The normalized spacial score (nSPS) is 12.6. The molecule has 0 spiro atoms. The molecule has 0 aliphatic heterocycles. The van der Waals surface area contributed by atoms with Gasteiger partial charge in [0.05, 0.1) is 17.9 Å². The largest absolute Gasteiger partial charge is 0.481 e. The third-order valence-electron chi connectivity index (χ3n) is 7.04. The van der Waals surface area contributed by atoms with Gasteiger partial charge in [-0.25, -0.2) is 0 Å². The predicted molar refractivity (Wildman–Crippen MR) is 169 cm³/mol. The van der Waals surface area contributed by atoms with E-state index in [1.54, 1.807) is 13.8 Å². The van der Waals surface area contributed by atoms with Crippen LogP contribution in [0.5, 0.6) is 0 Å². The van der Waals surface area contributed by atoms with Crippen molar-refractivity contribution in [3.63, 3.8) is 0 Å². The minimum Gasteiger partial charge on any atom is -0.481 e. The van der Waals surface area contributed by atoms with Crippen molar-refractivity contribution in [3.05, 3.63) is 48.5 Å². The van der Waals surface area contributed by atoms with Gasteiger partial charge >= 0.3 is 11.9 Å². The van der Waals surface area contributed by atoms with Gasteiger partial charge in [-0.2, -0.15) is 0 Å². The smallest absolute Gasteiger partial charge is 0.311 e. The summed E-state index contributed by atoms with van der Waals surface area (Å²) in [5.41, 5.74) is 0.791. The van der Waals surface area contributed by atoms with E-state index in [4.69, 9.17) is 4.74 Å². The first kappa shape index (κ1) is 42.3. The standard InChI is InChI=1S/C27H35NO4.6CH4/c1-6-19(15-16-27(4,25(31)32-5)18-17-26(2,3)24(29)30)28-22-13-9-7-11-20(22)21-12-8-10-14-23(21)28;;;;;;/h7-14,19H,6,15-18H2,1-5H3,(H,29,30);6*1H4. The molecule has 0 saturated carbocycles. The summed E-state index contributed by atoms with van der Waals surface area (Å²) in [5, 5.41) is 12.0. The van der Waals surface area contributed by atoms with Gasteiger partial charge in [-0.1, -0.05) is 87.9 Å². The summed E-state index contributed by atoms with van der Waals surface area (Å²) in [4.78, 5) is 24.3. The molecular formula is C33H59NO4. The van der Waals surface area contributed by atoms with Gasteiger partial charge in [-0.3, -0.25) is 9.59 Å². The Hall–Kier alpha value is -2.82. The van der Waals surface area contributed by atoms with Gasteiger partial charge in [-0.05, 0) is 65.0 Å². The number of esters is 1. The van der Waals surface area contributed by atoms with E-state index < -0.39 is 16.8 Å².